The van der Waals surface area contributed by atoms with Gasteiger partial charge in [-0.05, 0) is 35.9 Å². The average molecular weight is 340 g/mol. The number of esters is 1. The van der Waals surface area contributed by atoms with Gasteiger partial charge < -0.3 is 10.3 Å². The minimum absolute atomic E-state index is 0.326. The van der Waals surface area contributed by atoms with Crippen molar-refractivity contribution in [3.63, 3.8) is 0 Å². The highest BCUT2D eigenvalue weighted by Crippen LogP contribution is 2.21. The van der Waals surface area contributed by atoms with Gasteiger partial charge in [-0.15, -0.1) is 0 Å². The molecule has 3 rings (SSSR count). The summed E-state index contributed by atoms with van der Waals surface area (Å²) in [6.45, 7) is 0. The number of hydrogen-bond acceptors (Lipinski definition) is 2. The SMILES string of the molecule is [N-]=[N+]=C(c1ccccc1)c1ccccc1OC(=O)/C=C/c1ccccc1. The standard InChI is InChI=1S/C22H16N2O2/c23-24-22(18-11-5-2-6-12-18)19-13-7-8-14-20(19)26-21(25)16-15-17-9-3-1-4-10-17/h1-16H/b16-15+. The molecular formula is C22H16N2O2. The van der Waals surface area contributed by atoms with Crippen molar-refractivity contribution < 1.29 is 14.3 Å². The molecule has 0 N–H and O–H groups in total. The molecule has 0 bridgehead atoms. The van der Waals surface area contributed by atoms with Crippen LogP contribution in [-0.2, 0) is 4.79 Å². The largest absolute Gasteiger partial charge is 0.422 e. The predicted molar refractivity (Wildman–Crippen MR) is 101 cm³/mol. The van der Waals surface area contributed by atoms with Crippen LogP contribution in [0.1, 0.15) is 16.7 Å². The molecule has 0 saturated heterocycles. The van der Waals surface area contributed by atoms with Crippen molar-refractivity contribution in [3.05, 3.63) is 113 Å². The molecule has 0 aliphatic rings. The summed E-state index contributed by atoms with van der Waals surface area (Å²) in [4.78, 5) is 15.6. The lowest BCUT2D eigenvalue weighted by Gasteiger charge is -2.06. The summed E-state index contributed by atoms with van der Waals surface area (Å²) in [5.74, 6) is -0.182. The number of hydrogen-bond donors (Lipinski definition) is 0. The lowest BCUT2D eigenvalue weighted by atomic mass is 10.0. The van der Waals surface area contributed by atoms with Crippen LogP contribution in [0, 0.1) is 0 Å². The second-order valence-electron chi connectivity index (χ2n) is 5.48. The second kappa shape index (κ2) is 8.38. The van der Waals surface area contributed by atoms with E-state index in [-0.39, 0.29) is 0 Å². The summed E-state index contributed by atoms with van der Waals surface area (Å²) in [6, 6.07) is 25.6. The van der Waals surface area contributed by atoms with Crippen LogP contribution < -0.4 is 4.74 Å². The molecule has 0 atom stereocenters. The van der Waals surface area contributed by atoms with Gasteiger partial charge in [-0.2, -0.15) is 4.79 Å². The molecule has 4 heteroatoms. The molecule has 0 unspecified atom stereocenters. The second-order valence-corrected chi connectivity index (χ2v) is 5.48. The molecule has 0 amide bonds. The van der Waals surface area contributed by atoms with Gasteiger partial charge >= 0.3 is 11.7 Å². The fourth-order valence-electron chi connectivity index (χ4n) is 2.49. The number of para-hydroxylation sites is 1. The molecule has 0 spiro atoms. The van der Waals surface area contributed by atoms with E-state index in [0.717, 1.165) is 11.1 Å². The van der Waals surface area contributed by atoms with E-state index in [1.165, 1.54) is 6.08 Å². The molecule has 0 fully saturated rings. The van der Waals surface area contributed by atoms with Gasteiger partial charge in [0, 0.05) is 6.08 Å². The zero-order valence-corrected chi connectivity index (χ0v) is 13.9. The first-order valence-corrected chi connectivity index (χ1v) is 8.10. The Bertz CT molecular complexity index is 973. The van der Waals surface area contributed by atoms with Crippen LogP contribution in [0.25, 0.3) is 11.6 Å². The molecule has 0 saturated carbocycles. The number of benzene rings is 3. The average Bonchev–Trinajstić information content (AvgIpc) is 2.70. The predicted octanol–water partition coefficient (Wildman–Crippen LogP) is 4.37. The summed E-state index contributed by atoms with van der Waals surface area (Å²) in [7, 11) is 0. The van der Waals surface area contributed by atoms with Crippen molar-refractivity contribution in [2.75, 3.05) is 0 Å². The third kappa shape index (κ3) is 4.20. The van der Waals surface area contributed by atoms with E-state index in [1.807, 2.05) is 60.7 Å². The summed E-state index contributed by atoms with van der Waals surface area (Å²) in [5.41, 5.74) is 12.0. The number of carbonyl (C=O) groups is 1. The molecule has 26 heavy (non-hydrogen) atoms. The van der Waals surface area contributed by atoms with Crippen LogP contribution in [0.2, 0.25) is 0 Å². The third-order valence-electron chi connectivity index (χ3n) is 3.71. The molecule has 3 aromatic rings. The number of carbonyl (C=O) groups excluding carboxylic acids is 1. The van der Waals surface area contributed by atoms with Crippen molar-refractivity contribution in [1.82, 2.24) is 0 Å². The van der Waals surface area contributed by atoms with E-state index < -0.39 is 5.97 Å². The van der Waals surface area contributed by atoms with Gasteiger partial charge in [-0.25, -0.2) is 4.79 Å². The van der Waals surface area contributed by atoms with E-state index in [0.29, 0.717) is 17.0 Å². The van der Waals surface area contributed by atoms with Crippen LogP contribution in [0.5, 0.6) is 5.75 Å². The van der Waals surface area contributed by atoms with Crippen molar-refractivity contribution in [2.45, 2.75) is 0 Å². The Hall–Kier alpha value is -3.75. The van der Waals surface area contributed by atoms with Crippen molar-refractivity contribution in [3.8, 4) is 5.75 Å². The quantitative estimate of drug-likeness (QED) is 0.173. The van der Waals surface area contributed by atoms with Crippen molar-refractivity contribution in [2.24, 2.45) is 0 Å². The Balaban J connectivity index is 1.84. The van der Waals surface area contributed by atoms with Gasteiger partial charge in [0.05, 0.1) is 5.56 Å². The maximum atomic E-state index is 12.2. The summed E-state index contributed by atoms with van der Waals surface area (Å²) < 4.78 is 5.45. The fraction of sp³-hybridized carbons (Fsp3) is 0. The van der Waals surface area contributed by atoms with Crippen LogP contribution >= 0.6 is 0 Å². The summed E-state index contributed by atoms with van der Waals surface area (Å²) in [6.07, 6.45) is 3.05. The van der Waals surface area contributed by atoms with E-state index >= 15 is 0 Å². The molecule has 3 aromatic carbocycles. The molecular weight excluding hydrogens is 324 g/mol. The Morgan fingerprint density at radius 2 is 1.46 bits per heavy atom. The summed E-state index contributed by atoms with van der Waals surface area (Å²) >= 11 is 0. The van der Waals surface area contributed by atoms with Crippen LogP contribution in [0.15, 0.2) is 91.0 Å². The van der Waals surface area contributed by atoms with Gasteiger partial charge in [0.2, 0.25) is 0 Å². The Kier molecular flexibility index (Phi) is 5.51. The van der Waals surface area contributed by atoms with Crippen LogP contribution in [0.4, 0.5) is 0 Å². The van der Waals surface area contributed by atoms with E-state index in [2.05, 4.69) is 4.79 Å². The Morgan fingerprint density at radius 3 is 2.15 bits per heavy atom. The van der Waals surface area contributed by atoms with E-state index in [1.54, 1.807) is 30.3 Å². The highest BCUT2D eigenvalue weighted by molar-refractivity contribution is 6.11. The molecule has 0 aromatic heterocycles. The minimum atomic E-state index is -0.508. The minimum Gasteiger partial charge on any atom is -0.422 e. The smallest absolute Gasteiger partial charge is 0.336 e. The van der Waals surface area contributed by atoms with Crippen LogP contribution in [0.3, 0.4) is 0 Å². The molecule has 0 radical (unpaired) electrons. The molecule has 126 valence electrons. The zero-order chi connectivity index (χ0) is 18.2. The first kappa shape index (κ1) is 17.1. The molecule has 0 aliphatic heterocycles. The van der Waals surface area contributed by atoms with Gasteiger partial charge in [0.1, 0.15) is 11.3 Å². The topological polar surface area (TPSA) is 62.7 Å². The number of nitrogens with zero attached hydrogens (tertiary/aromatic N) is 2. The van der Waals surface area contributed by atoms with E-state index in [4.69, 9.17) is 4.74 Å². The maximum absolute atomic E-state index is 12.2. The van der Waals surface area contributed by atoms with Gasteiger partial charge in [0.15, 0.2) is 0 Å². The molecule has 4 nitrogen and oxygen atoms in total. The van der Waals surface area contributed by atoms with Gasteiger partial charge in [0.25, 0.3) is 0 Å². The van der Waals surface area contributed by atoms with Crippen molar-refractivity contribution in [1.29, 1.82) is 0 Å². The van der Waals surface area contributed by atoms with E-state index in [9.17, 15) is 10.3 Å². The Labute approximate surface area is 151 Å². The number of rotatable bonds is 5. The maximum Gasteiger partial charge on any atom is 0.336 e. The molecule has 0 aliphatic carbocycles. The molecule has 0 heterocycles. The van der Waals surface area contributed by atoms with Gasteiger partial charge in [-0.1, -0.05) is 60.7 Å². The first-order chi connectivity index (χ1) is 12.8. The van der Waals surface area contributed by atoms with Crippen LogP contribution in [-0.4, -0.2) is 16.5 Å². The fourth-order valence-corrected chi connectivity index (χ4v) is 2.49. The number of ether oxygens (including phenoxy) is 1. The highest BCUT2D eigenvalue weighted by Gasteiger charge is 2.20. The van der Waals surface area contributed by atoms with Gasteiger partial charge in [-0.3, -0.25) is 0 Å². The zero-order valence-electron chi connectivity index (χ0n) is 13.9. The Morgan fingerprint density at radius 1 is 0.846 bits per heavy atom. The first-order valence-electron chi connectivity index (χ1n) is 8.10. The lowest BCUT2D eigenvalue weighted by Crippen LogP contribution is -2.11. The lowest BCUT2D eigenvalue weighted by molar-refractivity contribution is -0.128. The third-order valence-corrected chi connectivity index (χ3v) is 3.71. The highest BCUT2D eigenvalue weighted by atomic mass is 16.5. The monoisotopic (exact) mass is 340 g/mol. The van der Waals surface area contributed by atoms with Crippen molar-refractivity contribution >= 4 is 17.8 Å². The summed E-state index contributed by atoms with van der Waals surface area (Å²) in [5, 5.41) is 0. The normalized spacial score (nSPS) is 10.3.